The molecule has 0 atom stereocenters. The van der Waals surface area contributed by atoms with Gasteiger partial charge in [-0.3, -0.25) is 9.20 Å². The molecular weight excluding hydrogens is 168 g/mol. The highest BCUT2D eigenvalue weighted by Crippen LogP contribution is 1.93. The van der Waals surface area contributed by atoms with E-state index in [4.69, 9.17) is 0 Å². The minimum Gasteiger partial charge on any atom is -0.324 e. The van der Waals surface area contributed by atoms with E-state index in [1.54, 1.807) is 23.7 Å². The largest absolute Gasteiger partial charge is 0.324 e. The Hall–Kier alpha value is -1.65. The van der Waals surface area contributed by atoms with Crippen molar-refractivity contribution in [3.63, 3.8) is 0 Å². The van der Waals surface area contributed by atoms with Crippen molar-refractivity contribution in [3.05, 3.63) is 28.6 Å². The number of aromatic nitrogens is 4. The summed E-state index contributed by atoms with van der Waals surface area (Å²) in [5.74, 6) is 0.714. The highest BCUT2D eigenvalue weighted by molar-refractivity contribution is 5.33. The first-order valence-electron chi connectivity index (χ1n) is 4.18. The first-order valence-corrected chi connectivity index (χ1v) is 4.18. The van der Waals surface area contributed by atoms with Gasteiger partial charge in [0, 0.05) is 12.4 Å². The zero-order valence-electron chi connectivity index (χ0n) is 7.90. The summed E-state index contributed by atoms with van der Waals surface area (Å²) in [5, 5.41) is 7.44. The monoisotopic (exact) mass is 180 g/mol. The smallest absolute Gasteiger partial charge is 0.293 e. The fourth-order valence-corrected chi connectivity index (χ4v) is 0.955. The summed E-state index contributed by atoms with van der Waals surface area (Å²) in [6.07, 6.45) is 3.28. The molecule has 2 aromatic rings. The van der Waals surface area contributed by atoms with Gasteiger partial charge in [-0.05, 0) is 6.92 Å². The van der Waals surface area contributed by atoms with Gasteiger partial charge in [0.05, 0.1) is 0 Å². The van der Waals surface area contributed by atoms with Gasteiger partial charge in [0.15, 0.2) is 0 Å². The Kier molecular flexibility index (Phi) is 2.79. The maximum absolute atomic E-state index is 11.0. The zero-order valence-corrected chi connectivity index (χ0v) is 7.90. The minimum atomic E-state index is -0.215. The lowest BCUT2D eigenvalue weighted by atomic mass is 10.6. The molecule has 0 aliphatic rings. The van der Waals surface area contributed by atoms with Crippen molar-refractivity contribution in [2.75, 3.05) is 0 Å². The summed E-state index contributed by atoms with van der Waals surface area (Å²) in [7, 11) is 0. The van der Waals surface area contributed by atoms with Crippen molar-refractivity contribution >= 4 is 5.65 Å². The third kappa shape index (κ3) is 1.58. The van der Waals surface area contributed by atoms with Gasteiger partial charge in [-0.25, -0.2) is 0 Å². The van der Waals surface area contributed by atoms with Gasteiger partial charge in [0.25, 0.3) is 5.56 Å². The van der Waals surface area contributed by atoms with E-state index in [-0.39, 0.29) is 5.56 Å². The number of aryl methyl sites for hydroxylation is 1. The molecule has 0 aliphatic carbocycles. The number of rotatable bonds is 0. The predicted octanol–water partition coefficient (Wildman–Crippen LogP) is 0.752. The number of nitrogens with zero attached hydrogens (tertiary/aromatic N) is 3. The molecule has 0 spiro atoms. The van der Waals surface area contributed by atoms with Gasteiger partial charge < -0.3 is 4.98 Å². The average Bonchev–Trinajstić information content (AvgIpc) is 2.53. The van der Waals surface area contributed by atoms with Crippen LogP contribution in [0.15, 0.2) is 17.2 Å². The molecule has 2 aromatic heterocycles. The van der Waals surface area contributed by atoms with Crippen LogP contribution in [0.1, 0.15) is 19.7 Å². The summed E-state index contributed by atoms with van der Waals surface area (Å²) in [5.41, 5.74) is 0.123. The normalized spacial score (nSPS) is 9.46. The number of aromatic amines is 1. The summed E-state index contributed by atoms with van der Waals surface area (Å²) in [6.45, 7) is 5.79. The van der Waals surface area contributed by atoms with E-state index in [2.05, 4.69) is 15.2 Å². The maximum atomic E-state index is 11.0. The Morgan fingerprint density at radius 3 is 2.69 bits per heavy atom. The lowest BCUT2D eigenvalue weighted by molar-refractivity contribution is 0.999. The van der Waals surface area contributed by atoms with E-state index in [1.165, 1.54) is 0 Å². The number of nitrogens with one attached hydrogen (secondary N) is 1. The Bertz CT molecular complexity index is 443. The van der Waals surface area contributed by atoms with Crippen LogP contribution in [0, 0.1) is 6.92 Å². The maximum Gasteiger partial charge on any atom is 0.293 e. The van der Waals surface area contributed by atoms with Crippen molar-refractivity contribution in [2.24, 2.45) is 0 Å². The highest BCUT2D eigenvalue weighted by atomic mass is 16.1. The van der Waals surface area contributed by atoms with Crippen molar-refractivity contribution in [3.8, 4) is 0 Å². The van der Waals surface area contributed by atoms with Crippen LogP contribution in [-0.4, -0.2) is 19.6 Å². The SMILES string of the molecule is CC.Cc1nnc2c(=O)[nH]ccn12. The van der Waals surface area contributed by atoms with Crippen molar-refractivity contribution in [2.45, 2.75) is 20.8 Å². The van der Waals surface area contributed by atoms with Gasteiger partial charge >= 0.3 is 0 Å². The van der Waals surface area contributed by atoms with Crippen LogP contribution < -0.4 is 5.56 Å². The van der Waals surface area contributed by atoms with E-state index < -0.39 is 0 Å². The first-order chi connectivity index (χ1) is 6.29. The second-order valence-corrected chi connectivity index (χ2v) is 2.23. The lowest BCUT2D eigenvalue weighted by Crippen LogP contribution is -2.08. The van der Waals surface area contributed by atoms with Crippen molar-refractivity contribution in [1.29, 1.82) is 0 Å². The molecule has 0 aromatic carbocycles. The van der Waals surface area contributed by atoms with Crippen molar-refractivity contribution < 1.29 is 0 Å². The Morgan fingerprint density at radius 1 is 1.38 bits per heavy atom. The standard InChI is InChI=1S/C6H6N4O.C2H6/c1-4-8-9-5-6(11)7-2-3-10(4)5;1-2/h2-3H,1H3,(H,7,11);1-2H3. The molecule has 0 aliphatic heterocycles. The van der Waals surface area contributed by atoms with Crippen LogP contribution in [0.25, 0.3) is 5.65 Å². The average molecular weight is 180 g/mol. The molecule has 5 nitrogen and oxygen atoms in total. The summed E-state index contributed by atoms with van der Waals surface area (Å²) in [4.78, 5) is 13.5. The molecule has 2 heterocycles. The summed E-state index contributed by atoms with van der Waals surface area (Å²) < 4.78 is 1.64. The van der Waals surface area contributed by atoms with E-state index in [0.717, 1.165) is 0 Å². The molecule has 0 saturated carbocycles. The van der Waals surface area contributed by atoms with Crippen LogP contribution in [-0.2, 0) is 0 Å². The van der Waals surface area contributed by atoms with Crippen LogP contribution in [0.5, 0.6) is 0 Å². The van der Waals surface area contributed by atoms with E-state index in [1.807, 2.05) is 13.8 Å². The molecule has 5 heteroatoms. The molecule has 70 valence electrons. The highest BCUT2D eigenvalue weighted by Gasteiger charge is 2.01. The molecule has 0 saturated heterocycles. The van der Waals surface area contributed by atoms with Gasteiger partial charge in [-0.1, -0.05) is 13.8 Å². The molecule has 2 rings (SSSR count). The second kappa shape index (κ2) is 3.84. The molecule has 13 heavy (non-hydrogen) atoms. The quantitative estimate of drug-likeness (QED) is 0.650. The summed E-state index contributed by atoms with van der Waals surface area (Å²) >= 11 is 0. The molecular formula is C8H12N4O. The molecule has 0 radical (unpaired) electrons. The Balaban J connectivity index is 0.000000396. The number of hydrogen-bond donors (Lipinski definition) is 1. The third-order valence-corrected chi connectivity index (χ3v) is 1.51. The Labute approximate surface area is 75.4 Å². The second-order valence-electron chi connectivity index (χ2n) is 2.23. The fourth-order valence-electron chi connectivity index (χ4n) is 0.955. The lowest BCUT2D eigenvalue weighted by Gasteiger charge is -1.89. The van der Waals surface area contributed by atoms with Gasteiger partial charge in [0.2, 0.25) is 5.65 Å². The van der Waals surface area contributed by atoms with Crippen LogP contribution in [0.3, 0.4) is 0 Å². The van der Waals surface area contributed by atoms with Crippen LogP contribution in [0.4, 0.5) is 0 Å². The predicted molar refractivity (Wildman–Crippen MR) is 49.7 cm³/mol. The minimum absolute atomic E-state index is 0.215. The molecule has 0 unspecified atom stereocenters. The number of H-pyrrole nitrogens is 1. The Morgan fingerprint density at radius 2 is 2.08 bits per heavy atom. The van der Waals surface area contributed by atoms with E-state index in [9.17, 15) is 4.79 Å². The summed E-state index contributed by atoms with van der Waals surface area (Å²) in [6, 6.07) is 0. The van der Waals surface area contributed by atoms with Gasteiger partial charge in [0.1, 0.15) is 5.82 Å². The molecule has 0 bridgehead atoms. The molecule has 1 N–H and O–H groups in total. The van der Waals surface area contributed by atoms with Crippen LogP contribution >= 0.6 is 0 Å². The first kappa shape index (κ1) is 9.44. The molecule has 0 fully saturated rings. The fraction of sp³-hybridized carbons (Fsp3) is 0.375. The number of fused-ring (bicyclic) bond motifs is 1. The number of hydrogen-bond acceptors (Lipinski definition) is 3. The van der Waals surface area contributed by atoms with Gasteiger partial charge in [-0.15, -0.1) is 10.2 Å². The van der Waals surface area contributed by atoms with E-state index in [0.29, 0.717) is 11.5 Å². The third-order valence-electron chi connectivity index (χ3n) is 1.51. The van der Waals surface area contributed by atoms with Gasteiger partial charge in [-0.2, -0.15) is 0 Å². The zero-order chi connectivity index (χ0) is 9.84. The molecule has 0 amide bonds. The van der Waals surface area contributed by atoms with Crippen LogP contribution in [0.2, 0.25) is 0 Å². The van der Waals surface area contributed by atoms with E-state index >= 15 is 0 Å². The topological polar surface area (TPSA) is 63.0 Å². The van der Waals surface area contributed by atoms with Crippen molar-refractivity contribution in [1.82, 2.24) is 19.6 Å².